The number of pyridine rings is 1. The van der Waals surface area contributed by atoms with Gasteiger partial charge in [-0.1, -0.05) is 35.5 Å². The van der Waals surface area contributed by atoms with Crippen LogP contribution in [-0.2, 0) is 9.53 Å². The lowest BCUT2D eigenvalue weighted by molar-refractivity contribution is -0.125. The fourth-order valence-corrected chi connectivity index (χ4v) is 2.31. The Bertz CT molecular complexity index is 922. The zero-order valence-electron chi connectivity index (χ0n) is 14.7. The number of hydrogen-bond donors (Lipinski definition) is 1. The first-order valence-corrected chi connectivity index (χ1v) is 8.07. The van der Waals surface area contributed by atoms with Gasteiger partial charge in [0.05, 0.1) is 12.7 Å². The van der Waals surface area contributed by atoms with Gasteiger partial charge in [-0.2, -0.15) is 0 Å². The van der Waals surface area contributed by atoms with E-state index in [-0.39, 0.29) is 11.4 Å². The molecular weight excluding hydrogens is 350 g/mol. The van der Waals surface area contributed by atoms with Gasteiger partial charge in [0.15, 0.2) is 5.82 Å². The van der Waals surface area contributed by atoms with Gasteiger partial charge in [0.2, 0.25) is 12.0 Å². The number of esters is 1. The van der Waals surface area contributed by atoms with E-state index in [0.717, 1.165) is 0 Å². The van der Waals surface area contributed by atoms with E-state index in [1.165, 1.54) is 25.4 Å². The van der Waals surface area contributed by atoms with Crippen molar-refractivity contribution in [2.75, 3.05) is 12.4 Å². The molecular formula is C19H17N3O5. The molecule has 1 atom stereocenters. The highest BCUT2D eigenvalue weighted by molar-refractivity contribution is 5.97. The Morgan fingerprint density at radius 2 is 1.93 bits per heavy atom. The number of methoxy groups -OCH3 is 1. The standard InChI is InChI=1S/C19H17N3O5/c1-12-10-15(22-27-12)21-18(23)17(13-6-4-3-5-7-13)26-19(24)14-8-9-16(25-2)20-11-14/h3-11,17H,1-2H3,(H,21,22,23)/t17-/m0/s1. The van der Waals surface area contributed by atoms with E-state index < -0.39 is 18.0 Å². The van der Waals surface area contributed by atoms with E-state index >= 15 is 0 Å². The molecule has 1 N–H and O–H groups in total. The van der Waals surface area contributed by atoms with Gasteiger partial charge >= 0.3 is 5.97 Å². The first-order valence-electron chi connectivity index (χ1n) is 8.07. The molecule has 0 aliphatic carbocycles. The van der Waals surface area contributed by atoms with Crippen LogP contribution in [0.4, 0.5) is 5.82 Å². The molecule has 0 aliphatic rings. The molecule has 0 saturated carbocycles. The Labute approximate surface area is 155 Å². The number of anilines is 1. The number of carbonyl (C=O) groups is 2. The molecule has 27 heavy (non-hydrogen) atoms. The quantitative estimate of drug-likeness (QED) is 0.668. The third kappa shape index (κ3) is 4.49. The third-order valence-corrected chi connectivity index (χ3v) is 3.63. The summed E-state index contributed by atoms with van der Waals surface area (Å²) in [5.41, 5.74) is 0.715. The van der Waals surface area contributed by atoms with Crippen molar-refractivity contribution in [1.29, 1.82) is 0 Å². The summed E-state index contributed by atoms with van der Waals surface area (Å²) in [6.07, 6.45) is 0.153. The molecule has 0 spiro atoms. The van der Waals surface area contributed by atoms with E-state index in [1.54, 1.807) is 43.3 Å². The molecule has 2 heterocycles. The Morgan fingerprint density at radius 3 is 2.52 bits per heavy atom. The van der Waals surface area contributed by atoms with E-state index in [0.29, 0.717) is 17.2 Å². The maximum absolute atomic E-state index is 12.7. The maximum atomic E-state index is 12.7. The predicted molar refractivity (Wildman–Crippen MR) is 95.3 cm³/mol. The fraction of sp³-hybridized carbons (Fsp3) is 0.158. The van der Waals surface area contributed by atoms with Crippen molar-refractivity contribution in [1.82, 2.24) is 10.1 Å². The Kier molecular flexibility index (Phi) is 5.46. The zero-order valence-corrected chi connectivity index (χ0v) is 14.7. The second-order valence-corrected chi connectivity index (χ2v) is 5.60. The van der Waals surface area contributed by atoms with Gasteiger partial charge in [-0.3, -0.25) is 4.79 Å². The van der Waals surface area contributed by atoms with Crippen molar-refractivity contribution >= 4 is 17.7 Å². The molecule has 1 aromatic carbocycles. The number of ether oxygens (including phenoxy) is 2. The van der Waals surface area contributed by atoms with Gasteiger partial charge in [0.25, 0.3) is 5.91 Å². The van der Waals surface area contributed by atoms with Crippen molar-refractivity contribution in [3.05, 3.63) is 71.6 Å². The average Bonchev–Trinajstić information content (AvgIpc) is 3.11. The number of nitrogens with one attached hydrogen (secondary N) is 1. The molecule has 8 heteroatoms. The van der Waals surface area contributed by atoms with Crippen LogP contribution in [0.1, 0.15) is 27.8 Å². The summed E-state index contributed by atoms with van der Waals surface area (Å²) >= 11 is 0. The highest BCUT2D eigenvalue weighted by Crippen LogP contribution is 2.22. The minimum absolute atomic E-state index is 0.196. The Balaban J connectivity index is 1.81. The summed E-state index contributed by atoms with van der Waals surface area (Å²) in [7, 11) is 1.47. The molecule has 138 valence electrons. The lowest BCUT2D eigenvalue weighted by Crippen LogP contribution is -2.26. The van der Waals surface area contributed by atoms with Gasteiger partial charge < -0.3 is 19.3 Å². The summed E-state index contributed by atoms with van der Waals surface area (Å²) in [5.74, 6) is -0.0939. The molecule has 0 aliphatic heterocycles. The first-order chi connectivity index (χ1) is 13.1. The van der Waals surface area contributed by atoms with Crippen LogP contribution in [0, 0.1) is 6.92 Å². The summed E-state index contributed by atoms with van der Waals surface area (Å²) in [4.78, 5) is 29.1. The molecule has 3 aromatic rings. The highest BCUT2D eigenvalue weighted by Gasteiger charge is 2.26. The lowest BCUT2D eigenvalue weighted by atomic mass is 10.1. The smallest absolute Gasteiger partial charge is 0.340 e. The van der Waals surface area contributed by atoms with E-state index in [4.69, 9.17) is 14.0 Å². The van der Waals surface area contributed by atoms with Gasteiger partial charge in [-0.05, 0) is 13.0 Å². The predicted octanol–water partition coefficient (Wildman–Crippen LogP) is 2.92. The largest absolute Gasteiger partial charge is 0.481 e. The second-order valence-electron chi connectivity index (χ2n) is 5.60. The van der Waals surface area contributed by atoms with Crippen molar-refractivity contribution in [3.8, 4) is 5.88 Å². The molecule has 1 amide bonds. The van der Waals surface area contributed by atoms with Crippen LogP contribution in [-0.4, -0.2) is 29.1 Å². The van der Waals surface area contributed by atoms with Crippen molar-refractivity contribution in [3.63, 3.8) is 0 Å². The van der Waals surface area contributed by atoms with Crippen LogP contribution < -0.4 is 10.1 Å². The topological polar surface area (TPSA) is 104 Å². The van der Waals surface area contributed by atoms with Crippen LogP contribution in [0.15, 0.2) is 59.3 Å². The van der Waals surface area contributed by atoms with Crippen molar-refractivity contribution in [2.24, 2.45) is 0 Å². The number of aromatic nitrogens is 2. The van der Waals surface area contributed by atoms with E-state index in [9.17, 15) is 9.59 Å². The van der Waals surface area contributed by atoms with E-state index in [1.807, 2.05) is 0 Å². The minimum atomic E-state index is -1.17. The van der Waals surface area contributed by atoms with Crippen LogP contribution in [0.25, 0.3) is 0 Å². The van der Waals surface area contributed by atoms with Crippen LogP contribution in [0.2, 0.25) is 0 Å². The summed E-state index contributed by atoms with van der Waals surface area (Å²) in [6, 6.07) is 13.3. The number of carbonyl (C=O) groups excluding carboxylic acids is 2. The number of nitrogens with zero attached hydrogens (tertiary/aromatic N) is 2. The zero-order chi connectivity index (χ0) is 19.2. The molecule has 8 nitrogen and oxygen atoms in total. The monoisotopic (exact) mass is 367 g/mol. The highest BCUT2D eigenvalue weighted by atomic mass is 16.5. The molecule has 0 saturated heterocycles. The normalized spacial score (nSPS) is 11.5. The molecule has 0 bridgehead atoms. The van der Waals surface area contributed by atoms with Crippen LogP contribution >= 0.6 is 0 Å². The average molecular weight is 367 g/mol. The molecule has 3 rings (SSSR count). The summed E-state index contributed by atoms with van der Waals surface area (Å²) < 4.78 is 15.3. The van der Waals surface area contributed by atoms with Crippen LogP contribution in [0.5, 0.6) is 5.88 Å². The van der Waals surface area contributed by atoms with Gasteiger partial charge in [-0.15, -0.1) is 0 Å². The number of benzene rings is 1. The molecule has 0 radical (unpaired) electrons. The molecule has 0 fully saturated rings. The number of hydrogen-bond acceptors (Lipinski definition) is 7. The Hall–Kier alpha value is -3.68. The van der Waals surface area contributed by atoms with Gasteiger partial charge in [0.1, 0.15) is 5.76 Å². The first kappa shape index (κ1) is 18.1. The van der Waals surface area contributed by atoms with Gasteiger partial charge in [0, 0.05) is 23.9 Å². The number of amides is 1. The number of rotatable bonds is 6. The maximum Gasteiger partial charge on any atom is 0.340 e. The minimum Gasteiger partial charge on any atom is -0.481 e. The molecule has 0 unspecified atom stereocenters. The summed E-state index contributed by atoms with van der Waals surface area (Å²) in [6.45, 7) is 1.70. The van der Waals surface area contributed by atoms with Crippen LogP contribution in [0.3, 0.4) is 0 Å². The fourth-order valence-electron chi connectivity index (χ4n) is 2.31. The molecule has 2 aromatic heterocycles. The van der Waals surface area contributed by atoms with Crippen molar-refractivity contribution < 1.29 is 23.6 Å². The Morgan fingerprint density at radius 1 is 1.15 bits per heavy atom. The SMILES string of the molecule is COc1ccc(C(=O)O[C@H](C(=O)Nc2cc(C)on2)c2ccccc2)cn1. The number of aryl methyl sites for hydroxylation is 1. The second kappa shape index (κ2) is 8.13. The third-order valence-electron chi connectivity index (χ3n) is 3.63. The van der Waals surface area contributed by atoms with E-state index in [2.05, 4.69) is 15.5 Å². The van der Waals surface area contributed by atoms with Crippen molar-refractivity contribution in [2.45, 2.75) is 13.0 Å². The van der Waals surface area contributed by atoms with Gasteiger partial charge in [-0.25, -0.2) is 9.78 Å². The summed E-state index contributed by atoms with van der Waals surface area (Å²) in [5, 5.41) is 6.30. The lowest BCUT2D eigenvalue weighted by Gasteiger charge is -2.17.